The van der Waals surface area contributed by atoms with Crippen molar-refractivity contribution in [2.45, 2.75) is 58.1 Å². The molecule has 1 N–H and O–H groups in total. The average molecular weight is 225 g/mol. The summed E-state index contributed by atoms with van der Waals surface area (Å²) in [4.78, 5) is 0. The van der Waals surface area contributed by atoms with E-state index in [1.807, 2.05) is 34.9 Å². The van der Waals surface area contributed by atoms with E-state index in [2.05, 4.69) is 6.92 Å². The number of aromatic nitrogens is 2. The van der Waals surface area contributed by atoms with E-state index in [9.17, 15) is 5.11 Å². The molecule has 0 saturated carbocycles. The van der Waals surface area contributed by atoms with Gasteiger partial charge in [-0.15, -0.1) is 0 Å². The molecule has 0 amide bonds. The van der Waals surface area contributed by atoms with E-state index in [-0.39, 0.29) is 6.23 Å². The van der Waals surface area contributed by atoms with Crippen LogP contribution in [0, 0.1) is 0 Å². The van der Waals surface area contributed by atoms with Crippen LogP contribution in [0.5, 0.6) is 0 Å². The summed E-state index contributed by atoms with van der Waals surface area (Å²) in [7, 11) is 1.97. The zero-order chi connectivity index (χ0) is 11.8. The standard InChI is InChI=1S/C13H25N2O/c1-3-4-5-6-7-8-9-13(16)15-11-10-14(2)12-15/h10-13,16H,3-9H2,1-2H3/q+1. The first-order valence-corrected chi connectivity index (χ1v) is 6.45. The maximum absolute atomic E-state index is 9.89. The number of aliphatic hydroxyl groups excluding tert-OH is 1. The van der Waals surface area contributed by atoms with E-state index in [1.165, 1.54) is 32.1 Å². The smallest absolute Gasteiger partial charge is 0.245 e. The highest BCUT2D eigenvalue weighted by Gasteiger charge is 2.11. The highest BCUT2D eigenvalue weighted by atomic mass is 16.3. The molecule has 1 atom stereocenters. The van der Waals surface area contributed by atoms with Gasteiger partial charge in [0.15, 0.2) is 6.23 Å². The van der Waals surface area contributed by atoms with E-state index in [0.29, 0.717) is 0 Å². The molecule has 1 aromatic rings. The molecule has 1 rings (SSSR count). The summed E-state index contributed by atoms with van der Waals surface area (Å²) in [6.07, 6.45) is 13.9. The van der Waals surface area contributed by atoms with Gasteiger partial charge in [0.05, 0.1) is 7.05 Å². The topological polar surface area (TPSA) is 29.0 Å². The maximum atomic E-state index is 9.89. The van der Waals surface area contributed by atoms with Gasteiger partial charge in [0, 0.05) is 6.42 Å². The molecule has 0 aliphatic carbocycles. The molecule has 0 radical (unpaired) electrons. The number of hydrogen-bond donors (Lipinski definition) is 1. The molecule has 3 heteroatoms. The molecule has 0 saturated heterocycles. The molecule has 0 aliphatic heterocycles. The molecule has 0 aliphatic rings. The van der Waals surface area contributed by atoms with Crippen LogP contribution in [-0.2, 0) is 7.05 Å². The lowest BCUT2D eigenvalue weighted by Gasteiger charge is -2.06. The first-order valence-electron chi connectivity index (χ1n) is 6.45. The van der Waals surface area contributed by atoms with Crippen LogP contribution in [-0.4, -0.2) is 9.67 Å². The Morgan fingerprint density at radius 1 is 1.19 bits per heavy atom. The van der Waals surface area contributed by atoms with E-state index >= 15 is 0 Å². The molecule has 1 heterocycles. The third-order valence-corrected chi connectivity index (χ3v) is 2.95. The maximum Gasteiger partial charge on any atom is 0.245 e. The second-order valence-electron chi connectivity index (χ2n) is 4.56. The monoisotopic (exact) mass is 225 g/mol. The molecular formula is C13H25N2O+. The van der Waals surface area contributed by atoms with E-state index in [4.69, 9.17) is 0 Å². The van der Waals surface area contributed by atoms with Crippen molar-refractivity contribution in [3.8, 4) is 0 Å². The van der Waals surface area contributed by atoms with Crippen molar-refractivity contribution in [1.82, 2.24) is 4.57 Å². The Kier molecular flexibility index (Phi) is 6.16. The van der Waals surface area contributed by atoms with Crippen molar-refractivity contribution in [1.29, 1.82) is 0 Å². The molecule has 16 heavy (non-hydrogen) atoms. The third-order valence-electron chi connectivity index (χ3n) is 2.95. The molecule has 0 spiro atoms. The largest absolute Gasteiger partial charge is 0.355 e. The van der Waals surface area contributed by atoms with E-state index < -0.39 is 0 Å². The Bertz CT molecular complexity index is 283. The zero-order valence-corrected chi connectivity index (χ0v) is 10.6. The van der Waals surface area contributed by atoms with Gasteiger partial charge in [-0.3, -0.25) is 0 Å². The highest BCUT2D eigenvalue weighted by molar-refractivity contribution is 4.69. The number of nitrogens with zero attached hydrogens (tertiary/aromatic N) is 2. The molecule has 0 aromatic carbocycles. The van der Waals surface area contributed by atoms with Crippen molar-refractivity contribution in [2.75, 3.05) is 0 Å². The first kappa shape index (κ1) is 13.2. The summed E-state index contributed by atoms with van der Waals surface area (Å²) in [6.45, 7) is 2.23. The van der Waals surface area contributed by atoms with E-state index in [0.717, 1.165) is 12.8 Å². The quantitative estimate of drug-likeness (QED) is 0.534. The summed E-state index contributed by atoms with van der Waals surface area (Å²) in [5.41, 5.74) is 0. The third kappa shape index (κ3) is 4.79. The fraction of sp³-hybridized carbons (Fsp3) is 0.769. The van der Waals surface area contributed by atoms with Crippen LogP contribution in [0.25, 0.3) is 0 Å². The SMILES string of the molecule is CCCCCCCCC(O)n1cc[n+](C)c1. The van der Waals surface area contributed by atoms with Crippen LogP contribution in [0.4, 0.5) is 0 Å². The molecule has 3 nitrogen and oxygen atoms in total. The number of unbranched alkanes of at least 4 members (excludes halogenated alkanes) is 5. The first-order chi connectivity index (χ1) is 7.74. The summed E-state index contributed by atoms with van der Waals surface area (Å²) >= 11 is 0. The second-order valence-corrected chi connectivity index (χ2v) is 4.56. The molecule has 0 fully saturated rings. The Morgan fingerprint density at radius 2 is 1.88 bits per heavy atom. The summed E-state index contributed by atoms with van der Waals surface area (Å²) in [5, 5.41) is 9.89. The summed E-state index contributed by atoms with van der Waals surface area (Å²) in [6, 6.07) is 0. The molecular weight excluding hydrogens is 200 g/mol. The van der Waals surface area contributed by atoms with Gasteiger partial charge < -0.3 is 5.11 Å². The van der Waals surface area contributed by atoms with E-state index in [1.54, 1.807) is 0 Å². The number of aliphatic hydroxyl groups is 1. The van der Waals surface area contributed by atoms with Crippen LogP contribution >= 0.6 is 0 Å². The van der Waals surface area contributed by atoms with Gasteiger partial charge in [0.25, 0.3) is 0 Å². The van der Waals surface area contributed by atoms with Crippen LogP contribution in [0.1, 0.15) is 58.1 Å². The molecule has 1 unspecified atom stereocenters. The minimum absolute atomic E-state index is 0.354. The van der Waals surface area contributed by atoms with Crippen LogP contribution in [0.2, 0.25) is 0 Å². The zero-order valence-electron chi connectivity index (χ0n) is 10.6. The number of hydrogen-bond acceptors (Lipinski definition) is 1. The van der Waals surface area contributed by atoms with Gasteiger partial charge in [0.2, 0.25) is 6.33 Å². The van der Waals surface area contributed by atoms with Crippen molar-refractivity contribution < 1.29 is 9.67 Å². The minimum atomic E-state index is -0.354. The average Bonchev–Trinajstić information content (AvgIpc) is 2.70. The van der Waals surface area contributed by atoms with Crippen molar-refractivity contribution in [3.63, 3.8) is 0 Å². The van der Waals surface area contributed by atoms with Gasteiger partial charge in [0.1, 0.15) is 12.4 Å². The predicted molar refractivity (Wildman–Crippen MR) is 64.9 cm³/mol. The minimum Gasteiger partial charge on any atom is -0.355 e. The Morgan fingerprint density at radius 3 is 2.50 bits per heavy atom. The van der Waals surface area contributed by atoms with Gasteiger partial charge in [-0.2, -0.15) is 0 Å². The Hall–Kier alpha value is -0.830. The van der Waals surface area contributed by atoms with Crippen LogP contribution in [0.15, 0.2) is 18.7 Å². The Balaban J connectivity index is 2.09. The van der Waals surface area contributed by atoms with Crippen molar-refractivity contribution >= 4 is 0 Å². The van der Waals surface area contributed by atoms with Gasteiger partial charge >= 0.3 is 0 Å². The predicted octanol–water partition coefficient (Wildman–Crippen LogP) is 2.55. The summed E-state index contributed by atoms with van der Waals surface area (Å²) in [5.74, 6) is 0. The lowest BCUT2D eigenvalue weighted by Crippen LogP contribution is -2.24. The highest BCUT2D eigenvalue weighted by Crippen LogP contribution is 2.13. The fourth-order valence-corrected chi connectivity index (χ4v) is 1.90. The van der Waals surface area contributed by atoms with Gasteiger partial charge in [-0.25, -0.2) is 9.13 Å². The Labute approximate surface area is 98.7 Å². The number of rotatable bonds is 8. The molecule has 92 valence electrons. The number of imidazole rings is 1. The van der Waals surface area contributed by atoms with Crippen molar-refractivity contribution in [2.24, 2.45) is 7.05 Å². The van der Waals surface area contributed by atoms with Crippen molar-refractivity contribution in [3.05, 3.63) is 18.7 Å². The van der Waals surface area contributed by atoms with Gasteiger partial charge in [-0.05, 0) is 6.42 Å². The van der Waals surface area contributed by atoms with Crippen LogP contribution in [0.3, 0.4) is 0 Å². The normalized spacial score (nSPS) is 12.9. The fourth-order valence-electron chi connectivity index (χ4n) is 1.90. The molecule has 0 bridgehead atoms. The molecule has 1 aromatic heterocycles. The lowest BCUT2D eigenvalue weighted by molar-refractivity contribution is -0.671. The second kappa shape index (κ2) is 7.44. The van der Waals surface area contributed by atoms with Crippen LogP contribution < -0.4 is 4.57 Å². The lowest BCUT2D eigenvalue weighted by atomic mass is 10.1. The number of aryl methyl sites for hydroxylation is 1. The summed E-state index contributed by atoms with van der Waals surface area (Å²) < 4.78 is 3.82. The van der Waals surface area contributed by atoms with Gasteiger partial charge in [-0.1, -0.05) is 39.0 Å².